The van der Waals surface area contributed by atoms with Crippen molar-refractivity contribution in [3.63, 3.8) is 0 Å². The first-order valence-corrected chi connectivity index (χ1v) is 4.54. The molecule has 0 radical (unpaired) electrons. The number of benzene rings is 1. The minimum Gasteiger partial charge on any atom is -0.391 e. The van der Waals surface area contributed by atoms with Gasteiger partial charge in [-0.05, 0) is 13.0 Å². The summed E-state index contributed by atoms with van der Waals surface area (Å²) >= 11 is 0. The van der Waals surface area contributed by atoms with Gasteiger partial charge in [0.2, 0.25) is 0 Å². The third-order valence-electron chi connectivity index (χ3n) is 2.21. The van der Waals surface area contributed by atoms with Crippen molar-refractivity contribution in [2.45, 2.75) is 25.2 Å². The predicted octanol–water partition coefficient (Wildman–Crippen LogP) is 2.23. The number of aliphatic hydroxyl groups is 1. The van der Waals surface area contributed by atoms with E-state index in [9.17, 15) is 17.6 Å². The number of nitrogens with two attached hydrogens (primary N) is 1. The molecule has 0 fully saturated rings. The van der Waals surface area contributed by atoms with E-state index in [0.717, 1.165) is 12.1 Å². The van der Waals surface area contributed by atoms with Gasteiger partial charge in [0.05, 0.1) is 17.7 Å². The second-order valence-electron chi connectivity index (χ2n) is 3.47. The Labute approximate surface area is 89.7 Å². The van der Waals surface area contributed by atoms with E-state index in [4.69, 9.17) is 10.8 Å². The van der Waals surface area contributed by atoms with E-state index in [1.807, 2.05) is 0 Å². The monoisotopic (exact) mass is 237 g/mol. The van der Waals surface area contributed by atoms with Crippen LogP contribution in [0.1, 0.15) is 24.1 Å². The van der Waals surface area contributed by atoms with E-state index < -0.39 is 29.7 Å². The standard InChI is InChI=1S/C10H11F4NO/c1-5(16)9(15)6-3-2-4-7(8(6)11)10(12,13)14/h2-5,9,16H,15H2,1H3. The Morgan fingerprint density at radius 2 is 1.88 bits per heavy atom. The zero-order valence-corrected chi connectivity index (χ0v) is 8.42. The molecule has 0 bridgehead atoms. The molecule has 16 heavy (non-hydrogen) atoms. The molecule has 0 heterocycles. The van der Waals surface area contributed by atoms with Gasteiger partial charge in [0.25, 0.3) is 0 Å². The first-order chi connectivity index (χ1) is 7.25. The molecule has 0 saturated heterocycles. The van der Waals surface area contributed by atoms with E-state index in [-0.39, 0.29) is 5.56 Å². The Balaban J connectivity index is 3.24. The van der Waals surface area contributed by atoms with E-state index in [0.29, 0.717) is 6.07 Å². The molecule has 0 aromatic heterocycles. The second kappa shape index (κ2) is 4.39. The summed E-state index contributed by atoms with van der Waals surface area (Å²) in [5.74, 6) is -1.43. The number of alkyl halides is 3. The Hall–Kier alpha value is -1.14. The highest BCUT2D eigenvalue weighted by atomic mass is 19.4. The summed E-state index contributed by atoms with van der Waals surface area (Å²) in [6.07, 6.45) is -5.89. The number of hydrogen-bond donors (Lipinski definition) is 2. The average molecular weight is 237 g/mol. The molecule has 0 saturated carbocycles. The van der Waals surface area contributed by atoms with Crippen LogP contribution in [0.2, 0.25) is 0 Å². The Morgan fingerprint density at radius 3 is 2.31 bits per heavy atom. The number of halogens is 4. The fourth-order valence-electron chi connectivity index (χ4n) is 1.29. The molecule has 2 unspecified atom stereocenters. The quantitative estimate of drug-likeness (QED) is 0.775. The lowest BCUT2D eigenvalue weighted by atomic mass is 10.00. The summed E-state index contributed by atoms with van der Waals surface area (Å²) in [6, 6.07) is 1.64. The molecule has 0 spiro atoms. The van der Waals surface area contributed by atoms with Gasteiger partial charge in [0, 0.05) is 5.56 Å². The van der Waals surface area contributed by atoms with Gasteiger partial charge in [-0.3, -0.25) is 0 Å². The van der Waals surface area contributed by atoms with Crippen LogP contribution in [0.15, 0.2) is 18.2 Å². The summed E-state index contributed by atoms with van der Waals surface area (Å²) in [7, 11) is 0. The van der Waals surface area contributed by atoms with Gasteiger partial charge in [0.1, 0.15) is 5.82 Å². The molecular formula is C10H11F4NO. The average Bonchev–Trinajstić information content (AvgIpc) is 2.15. The van der Waals surface area contributed by atoms with Gasteiger partial charge in [0.15, 0.2) is 0 Å². The summed E-state index contributed by atoms with van der Waals surface area (Å²) in [4.78, 5) is 0. The highest BCUT2D eigenvalue weighted by Crippen LogP contribution is 2.33. The minimum atomic E-state index is -4.77. The summed E-state index contributed by atoms with van der Waals surface area (Å²) in [5, 5.41) is 9.12. The normalized spacial score (nSPS) is 15.9. The van der Waals surface area contributed by atoms with Crippen LogP contribution in [0, 0.1) is 5.82 Å². The van der Waals surface area contributed by atoms with E-state index in [2.05, 4.69) is 0 Å². The highest BCUT2D eigenvalue weighted by molar-refractivity contribution is 5.30. The van der Waals surface area contributed by atoms with Gasteiger partial charge in [-0.25, -0.2) is 4.39 Å². The van der Waals surface area contributed by atoms with Gasteiger partial charge >= 0.3 is 6.18 Å². The van der Waals surface area contributed by atoms with Gasteiger partial charge < -0.3 is 10.8 Å². The van der Waals surface area contributed by atoms with Crippen LogP contribution in [-0.2, 0) is 6.18 Å². The number of hydrogen-bond acceptors (Lipinski definition) is 2. The topological polar surface area (TPSA) is 46.2 Å². The first-order valence-electron chi connectivity index (χ1n) is 4.54. The van der Waals surface area contributed by atoms with Gasteiger partial charge in [-0.2, -0.15) is 13.2 Å². The van der Waals surface area contributed by atoms with Crippen molar-refractivity contribution in [3.8, 4) is 0 Å². The SMILES string of the molecule is CC(O)C(N)c1cccc(C(F)(F)F)c1F. The maximum atomic E-state index is 13.5. The molecule has 3 N–H and O–H groups in total. The van der Waals surface area contributed by atoms with Crippen molar-refractivity contribution in [1.82, 2.24) is 0 Å². The summed E-state index contributed by atoms with van der Waals surface area (Å²) < 4.78 is 50.5. The lowest BCUT2D eigenvalue weighted by Crippen LogP contribution is -2.25. The van der Waals surface area contributed by atoms with Crippen LogP contribution in [0.5, 0.6) is 0 Å². The zero-order chi connectivity index (χ0) is 12.5. The minimum absolute atomic E-state index is 0.343. The smallest absolute Gasteiger partial charge is 0.391 e. The van der Waals surface area contributed by atoms with Crippen LogP contribution >= 0.6 is 0 Å². The third kappa shape index (κ3) is 2.51. The van der Waals surface area contributed by atoms with E-state index in [1.54, 1.807) is 0 Å². The van der Waals surface area contributed by atoms with Crippen molar-refractivity contribution in [2.24, 2.45) is 5.73 Å². The lowest BCUT2D eigenvalue weighted by molar-refractivity contribution is -0.140. The Bertz CT molecular complexity index is 376. The van der Waals surface area contributed by atoms with Crippen LogP contribution in [0.3, 0.4) is 0 Å². The van der Waals surface area contributed by atoms with Gasteiger partial charge in [-0.1, -0.05) is 12.1 Å². The Kier molecular flexibility index (Phi) is 3.54. The highest BCUT2D eigenvalue weighted by Gasteiger charge is 2.35. The second-order valence-corrected chi connectivity index (χ2v) is 3.47. The molecule has 2 nitrogen and oxygen atoms in total. The summed E-state index contributed by atoms with van der Waals surface area (Å²) in [6.45, 7) is 1.28. The molecule has 0 amide bonds. The molecule has 0 aliphatic rings. The van der Waals surface area contributed by atoms with Crippen molar-refractivity contribution < 1.29 is 22.7 Å². The predicted molar refractivity (Wildman–Crippen MR) is 50.0 cm³/mol. The van der Waals surface area contributed by atoms with Crippen molar-refractivity contribution in [1.29, 1.82) is 0 Å². The first kappa shape index (κ1) is 12.9. The number of aliphatic hydroxyl groups excluding tert-OH is 1. The molecule has 0 aliphatic carbocycles. The summed E-state index contributed by atoms with van der Waals surface area (Å²) in [5.41, 5.74) is 3.68. The van der Waals surface area contributed by atoms with Gasteiger partial charge in [-0.15, -0.1) is 0 Å². The van der Waals surface area contributed by atoms with E-state index >= 15 is 0 Å². The van der Waals surface area contributed by atoms with E-state index in [1.165, 1.54) is 6.92 Å². The fraction of sp³-hybridized carbons (Fsp3) is 0.400. The molecule has 2 atom stereocenters. The number of rotatable bonds is 2. The molecular weight excluding hydrogens is 226 g/mol. The molecule has 0 aliphatic heterocycles. The lowest BCUT2D eigenvalue weighted by Gasteiger charge is -2.18. The maximum Gasteiger partial charge on any atom is 0.419 e. The molecule has 90 valence electrons. The van der Waals surface area contributed by atoms with Crippen molar-refractivity contribution >= 4 is 0 Å². The largest absolute Gasteiger partial charge is 0.419 e. The molecule has 6 heteroatoms. The third-order valence-corrected chi connectivity index (χ3v) is 2.21. The van der Waals surface area contributed by atoms with Crippen LogP contribution in [0.4, 0.5) is 17.6 Å². The van der Waals surface area contributed by atoms with Crippen LogP contribution in [-0.4, -0.2) is 11.2 Å². The van der Waals surface area contributed by atoms with Crippen molar-refractivity contribution in [2.75, 3.05) is 0 Å². The molecule has 1 aromatic carbocycles. The fourth-order valence-corrected chi connectivity index (χ4v) is 1.29. The maximum absolute atomic E-state index is 13.5. The van der Waals surface area contributed by atoms with Crippen LogP contribution < -0.4 is 5.73 Å². The molecule has 1 aromatic rings. The Morgan fingerprint density at radius 1 is 1.31 bits per heavy atom. The molecule has 1 rings (SSSR count). The van der Waals surface area contributed by atoms with Crippen molar-refractivity contribution in [3.05, 3.63) is 35.1 Å². The van der Waals surface area contributed by atoms with Crippen LogP contribution in [0.25, 0.3) is 0 Å². The zero-order valence-electron chi connectivity index (χ0n) is 8.42.